The van der Waals surface area contributed by atoms with Gasteiger partial charge in [0, 0.05) is 12.6 Å². The highest BCUT2D eigenvalue weighted by atomic mass is 16.6. The Kier molecular flexibility index (Phi) is 5.01. The number of nitrogens with zero attached hydrogens (tertiary/aromatic N) is 3. The van der Waals surface area contributed by atoms with Gasteiger partial charge in [0.15, 0.2) is 6.20 Å². The van der Waals surface area contributed by atoms with Crippen LogP contribution in [0.3, 0.4) is 0 Å². The van der Waals surface area contributed by atoms with E-state index in [1.54, 1.807) is 20.8 Å². The van der Waals surface area contributed by atoms with Gasteiger partial charge >= 0.3 is 11.9 Å². The Bertz CT molecular complexity index is 479. The largest absolute Gasteiger partial charge is 0.443 e. The molecular formula is C13H19N3O4. The quantitative estimate of drug-likeness (QED) is 0.625. The average molecular weight is 281 g/mol. The van der Waals surface area contributed by atoms with E-state index in [2.05, 4.69) is 4.98 Å². The Morgan fingerprint density at radius 2 is 2.10 bits per heavy atom. The summed E-state index contributed by atoms with van der Waals surface area (Å²) in [6.45, 7) is 7.72. The lowest BCUT2D eigenvalue weighted by atomic mass is 10.2. The molecule has 1 amide bonds. The fourth-order valence-corrected chi connectivity index (χ4v) is 1.51. The predicted molar refractivity (Wildman–Crippen MR) is 74.8 cm³/mol. The van der Waals surface area contributed by atoms with Crippen LogP contribution in [0, 0.1) is 10.1 Å². The minimum absolute atomic E-state index is 0.255. The number of aromatic nitrogens is 1. The Morgan fingerprint density at radius 1 is 1.45 bits per heavy atom. The van der Waals surface area contributed by atoms with Crippen LogP contribution in [0.25, 0.3) is 0 Å². The highest BCUT2D eigenvalue weighted by Gasteiger charge is 2.24. The van der Waals surface area contributed by atoms with Crippen molar-refractivity contribution < 1.29 is 14.5 Å². The second-order valence-electron chi connectivity index (χ2n) is 5.26. The van der Waals surface area contributed by atoms with Gasteiger partial charge in [-0.25, -0.2) is 4.79 Å². The molecule has 7 heteroatoms. The van der Waals surface area contributed by atoms with Crippen LogP contribution in [0.5, 0.6) is 0 Å². The molecule has 0 N–H and O–H groups in total. The lowest BCUT2D eigenvalue weighted by Gasteiger charge is -2.26. The summed E-state index contributed by atoms with van der Waals surface area (Å²) in [6, 6.07) is 2.76. The molecule has 0 aliphatic carbocycles. The number of rotatable bonds is 4. The van der Waals surface area contributed by atoms with E-state index in [-0.39, 0.29) is 5.82 Å². The molecule has 1 heterocycles. The van der Waals surface area contributed by atoms with Crippen molar-refractivity contribution in [3.8, 4) is 0 Å². The molecule has 20 heavy (non-hydrogen) atoms. The van der Waals surface area contributed by atoms with Crippen molar-refractivity contribution >= 4 is 17.6 Å². The van der Waals surface area contributed by atoms with Crippen molar-refractivity contribution in [2.24, 2.45) is 0 Å². The summed E-state index contributed by atoms with van der Waals surface area (Å²) in [5.41, 5.74) is -0.121. The maximum absolute atomic E-state index is 12.1. The van der Waals surface area contributed by atoms with E-state index in [4.69, 9.17) is 4.74 Å². The van der Waals surface area contributed by atoms with Crippen molar-refractivity contribution in [2.45, 2.75) is 39.7 Å². The maximum atomic E-state index is 12.1. The minimum atomic E-state index is -0.600. The summed E-state index contributed by atoms with van der Waals surface area (Å²) in [5.74, 6) is -0.255. The standard InChI is InChI=1S/C13H19N3O4/c1-5-8-15(12(17)20-13(2,3)4)10-6-7-11(14-9-10)16(18)19/h6-7,9H,5,8H2,1-4H3. The average Bonchev–Trinajstić information content (AvgIpc) is 2.34. The van der Waals surface area contributed by atoms with Gasteiger partial charge in [-0.1, -0.05) is 6.92 Å². The molecular weight excluding hydrogens is 262 g/mol. The number of nitro groups is 1. The zero-order valence-corrected chi connectivity index (χ0v) is 12.1. The van der Waals surface area contributed by atoms with E-state index in [1.165, 1.54) is 23.2 Å². The maximum Gasteiger partial charge on any atom is 0.414 e. The summed E-state index contributed by atoms with van der Waals surface area (Å²) in [4.78, 5) is 27.2. The van der Waals surface area contributed by atoms with Gasteiger partial charge in [0.05, 0.1) is 5.69 Å². The predicted octanol–water partition coefficient (Wildman–Crippen LogP) is 3.14. The molecule has 1 rings (SSSR count). The van der Waals surface area contributed by atoms with Gasteiger partial charge in [-0.2, -0.15) is 0 Å². The van der Waals surface area contributed by atoms with Crippen LogP contribution in [0.4, 0.5) is 16.3 Å². The SMILES string of the molecule is CCCN(C(=O)OC(C)(C)C)c1ccc([N+](=O)[O-])nc1. The Morgan fingerprint density at radius 3 is 2.50 bits per heavy atom. The molecule has 0 unspecified atom stereocenters. The van der Waals surface area contributed by atoms with Crippen molar-refractivity contribution in [1.82, 2.24) is 4.98 Å². The fraction of sp³-hybridized carbons (Fsp3) is 0.538. The van der Waals surface area contributed by atoms with Crippen molar-refractivity contribution in [3.05, 3.63) is 28.4 Å². The Hall–Kier alpha value is -2.18. The first-order chi connectivity index (χ1) is 9.24. The van der Waals surface area contributed by atoms with Crippen LogP contribution in [-0.2, 0) is 4.74 Å². The third-order valence-corrected chi connectivity index (χ3v) is 2.29. The smallest absolute Gasteiger partial charge is 0.414 e. The molecule has 1 aromatic heterocycles. The molecule has 0 saturated heterocycles. The van der Waals surface area contributed by atoms with Gasteiger partial charge in [0.1, 0.15) is 5.60 Å². The van der Waals surface area contributed by atoms with Crippen LogP contribution in [0.15, 0.2) is 18.3 Å². The fourth-order valence-electron chi connectivity index (χ4n) is 1.51. The van der Waals surface area contributed by atoms with Crippen molar-refractivity contribution in [3.63, 3.8) is 0 Å². The van der Waals surface area contributed by atoms with Crippen LogP contribution in [-0.4, -0.2) is 28.1 Å². The normalized spacial score (nSPS) is 11.0. The van der Waals surface area contributed by atoms with Gasteiger partial charge < -0.3 is 14.9 Å². The zero-order chi connectivity index (χ0) is 15.3. The third-order valence-electron chi connectivity index (χ3n) is 2.29. The van der Waals surface area contributed by atoms with Gasteiger partial charge in [-0.15, -0.1) is 0 Å². The highest BCUT2D eigenvalue weighted by molar-refractivity contribution is 5.87. The zero-order valence-electron chi connectivity index (χ0n) is 12.1. The molecule has 7 nitrogen and oxygen atoms in total. The lowest BCUT2D eigenvalue weighted by molar-refractivity contribution is -0.389. The summed E-state index contributed by atoms with van der Waals surface area (Å²) >= 11 is 0. The summed E-state index contributed by atoms with van der Waals surface area (Å²) in [5, 5.41) is 10.6. The van der Waals surface area contributed by atoms with Gasteiger partial charge in [0.2, 0.25) is 0 Å². The van der Waals surface area contributed by atoms with Gasteiger partial charge in [-0.05, 0) is 43.2 Å². The molecule has 0 spiro atoms. The van der Waals surface area contributed by atoms with Crippen LogP contribution in [0.2, 0.25) is 0 Å². The molecule has 0 atom stereocenters. The minimum Gasteiger partial charge on any atom is -0.443 e. The topological polar surface area (TPSA) is 85.6 Å². The molecule has 0 fully saturated rings. The highest BCUT2D eigenvalue weighted by Crippen LogP contribution is 2.19. The van der Waals surface area contributed by atoms with Gasteiger partial charge in [-0.3, -0.25) is 4.90 Å². The van der Waals surface area contributed by atoms with Crippen LogP contribution in [0.1, 0.15) is 34.1 Å². The molecule has 0 saturated carbocycles. The van der Waals surface area contributed by atoms with E-state index in [0.717, 1.165) is 6.42 Å². The second kappa shape index (κ2) is 6.31. The summed E-state index contributed by atoms with van der Waals surface area (Å²) in [7, 11) is 0. The molecule has 110 valence electrons. The number of carbonyl (C=O) groups is 1. The number of carbonyl (C=O) groups excluding carboxylic acids is 1. The molecule has 0 aliphatic heterocycles. The van der Waals surface area contributed by atoms with E-state index < -0.39 is 16.6 Å². The first-order valence-corrected chi connectivity index (χ1v) is 6.35. The monoisotopic (exact) mass is 281 g/mol. The number of hydrogen-bond donors (Lipinski definition) is 0. The van der Waals surface area contributed by atoms with E-state index in [0.29, 0.717) is 12.2 Å². The number of ether oxygens (including phenoxy) is 1. The second-order valence-corrected chi connectivity index (χ2v) is 5.26. The molecule has 1 aromatic rings. The van der Waals surface area contributed by atoms with E-state index in [1.807, 2.05) is 6.92 Å². The van der Waals surface area contributed by atoms with Crippen LogP contribution >= 0.6 is 0 Å². The molecule has 0 bridgehead atoms. The number of anilines is 1. The first-order valence-electron chi connectivity index (χ1n) is 6.35. The molecule has 0 radical (unpaired) electrons. The summed E-state index contributed by atoms with van der Waals surface area (Å²) in [6.07, 6.45) is 1.54. The van der Waals surface area contributed by atoms with E-state index in [9.17, 15) is 14.9 Å². The number of pyridine rings is 1. The van der Waals surface area contributed by atoms with Gasteiger partial charge in [0.25, 0.3) is 0 Å². The third kappa shape index (κ3) is 4.49. The lowest BCUT2D eigenvalue weighted by Crippen LogP contribution is -2.37. The van der Waals surface area contributed by atoms with Crippen LogP contribution < -0.4 is 4.90 Å². The van der Waals surface area contributed by atoms with E-state index >= 15 is 0 Å². The molecule has 0 aliphatic rings. The number of amides is 1. The number of hydrogen-bond acceptors (Lipinski definition) is 5. The Labute approximate surface area is 117 Å². The first kappa shape index (κ1) is 15.9. The molecule has 0 aromatic carbocycles. The van der Waals surface area contributed by atoms with Crippen molar-refractivity contribution in [2.75, 3.05) is 11.4 Å². The van der Waals surface area contributed by atoms with Crippen molar-refractivity contribution in [1.29, 1.82) is 0 Å². The summed E-state index contributed by atoms with van der Waals surface area (Å²) < 4.78 is 5.31. The Balaban J connectivity index is 2.95.